The number of Topliss-reactive ketones (excluding diaryl/α,β-unsaturated/α-hetero) is 1. The van der Waals surface area contributed by atoms with E-state index in [9.17, 15) is 9.59 Å². The minimum Gasteiger partial charge on any atom is -0.482 e. The van der Waals surface area contributed by atoms with E-state index in [1.54, 1.807) is 42.5 Å². The van der Waals surface area contributed by atoms with Crippen molar-refractivity contribution in [3.8, 4) is 11.5 Å². The summed E-state index contributed by atoms with van der Waals surface area (Å²) in [5.74, 6) is 0.117. The van der Waals surface area contributed by atoms with Gasteiger partial charge in [-0.05, 0) is 35.9 Å². The molecule has 0 saturated carbocycles. The van der Waals surface area contributed by atoms with Crippen molar-refractivity contribution in [1.82, 2.24) is 0 Å². The zero-order chi connectivity index (χ0) is 18.0. The van der Waals surface area contributed by atoms with Gasteiger partial charge >= 0.3 is 5.97 Å². The molecule has 0 aromatic heterocycles. The third-order valence-electron chi connectivity index (χ3n) is 3.47. The average Bonchev–Trinajstić information content (AvgIpc) is 2.90. The van der Waals surface area contributed by atoms with Crippen LogP contribution in [-0.2, 0) is 9.53 Å². The number of rotatable bonds is 4. The maximum Gasteiger partial charge on any atom is 0.343 e. The van der Waals surface area contributed by atoms with Crippen molar-refractivity contribution in [2.24, 2.45) is 0 Å². The zero-order valence-corrected chi connectivity index (χ0v) is 14.6. The summed E-state index contributed by atoms with van der Waals surface area (Å²) >= 11 is 12.0. The van der Waals surface area contributed by atoms with E-state index in [0.717, 1.165) is 0 Å². The Morgan fingerprint density at radius 2 is 2.00 bits per heavy atom. The van der Waals surface area contributed by atoms with Crippen LogP contribution in [-0.4, -0.2) is 25.5 Å². The Morgan fingerprint density at radius 1 is 1.20 bits per heavy atom. The van der Waals surface area contributed by atoms with Crippen LogP contribution in [0.5, 0.6) is 11.5 Å². The van der Waals surface area contributed by atoms with Crippen molar-refractivity contribution in [2.75, 3.05) is 13.7 Å². The van der Waals surface area contributed by atoms with E-state index in [1.807, 2.05) is 0 Å². The van der Waals surface area contributed by atoms with Gasteiger partial charge in [0.25, 0.3) is 0 Å². The Labute approximate surface area is 153 Å². The van der Waals surface area contributed by atoms with Gasteiger partial charge in [-0.3, -0.25) is 4.79 Å². The largest absolute Gasteiger partial charge is 0.482 e. The molecule has 0 N–H and O–H groups in total. The molecule has 0 bridgehead atoms. The Hall–Kier alpha value is -2.50. The normalized spacial score (nSPS) is 14.2. The number of carbonyl (C=O) groups is 2. The van der Waals surface area contributed by atoms with Crippen molar-refractivity contribution in [1.29, 1.82) is 0 Å². The van der Waals surface area contributed by atoms with Gasteiger partial charge in [0, 0.05) is 16.1 Å². The van der Waals surface area contributed by atoms with Gasteiger partial charge < -0.3 is 14.2 Å². The Balaban J connectivity index is 1.83. The molecule has 0 radical (unpaired) electrons. The number of ketones is 1. The molecule has 1 aliphatic heterocycles. The first kappa shape index (κ1) is 17.3. The fourth-order valence-corrected chi connectivity index (χ4v) is 2.68. The molecule has 3 rings (SSSR count). The summed E-state index contributed by atoms with van der Waals surface area (Å²) in [5.41, 5.74) is 1.02. The predicted octanol–water partition coefficient (Wildman–Crippen LogP) is 4.16. The van der Waals surface area contributed by atoms with Gasteiger partial charge in [-0.25, -0.2) is 4.79 Å². The zero-order valence-electron chi connectivity index (χ0n) is 13.0. The average molecular weight is 379 g/mol. The molecule has 0 saturated heterocycles. The number of methoxy groups -OCH3 is 1. The second kappa shape index (κ2) is 7.17. The molecule has 0 atom stereocenters. The number of hydrogen-bond acceptors (Lipinski definition) is 5. The van der Waals surface area contributed by atoms with Crippen LogP contribution in [0.2, 0.25) is 10.0 Å². The fraction of sp³-hybridized carbons (Fsp3) is 0.111. The van der Waals surface area contributed by atoms with Crippen molar-refractivity contribution in [3.05, 3.63) is 63.3 Å². The fourth-order valence-electron chi connectivity index (χ4n) is 2.22. The van der Waals surface area contributed by atoms with E-state index in [1.165, 1.54) is 7.11 Å². The molecule has 25 heavy (non-hydrogen) atoms. The summed E-state index contributed by atoms with van der Waals surface area (Å²) in [6.45, 7) is -0.230. The highest BCUT2D eigenvalue weighted by Gasteiger charge is 2.28. The molecule has 1 heterocycles. The summed E-state index contributed by atoms with van der Waals surface area (Å²) in [5, 5.41) is 0.913. The van der Waals surface area contributed by atoms with E-state index in [2.05, 4.69) is 4.74 Å². The number of hydrogen-bond donors (Lipinski definition) is 0. The Kier molecular flexibility index (Phi) is 4.97. The lowest BCUT2D eigenvalue weighted by molar-refractivity contribution is -0.142. The maximum absolute atomic E-state index is 12.4. The van der Waals surface area contributed by atoms with Crippen LogP contribution in [0.3, 0.4) is 0 Å². The highest BCUT2D eigenvalue weighted by molar-refractivity contribution is 6.35. The van der Waals surface area contributed by atoms with E-state index >= 15 is 0 Å². The first-order chi connectivity index (χ1) is 12.0. The van der Waals surface area contributed by atoms with Gasteiger partial charge in [-0.2, -0.15) is 0 Å². The monoisotopic (exact) mass is 378 g/mol. The van der Waals surface area contributed by atoms with Crippen LogP contribution >= 0.6 is 23.2 Å². The van der Waals surface area contributed by atoms with Crippen molar-refractivity contribution >= 4 is 41.0 Å². The summed E-state index contributed by atoms with van der Waals surface area (Å²) in [6, 6.07) is 9.66. The SMILES string of the molecule is COC(=O)COc1ccc2c(c1)O/C(=C/c1ccc(Cl)cc1Cl)C2=O. The predicted molar refractivity (Wildman–Crippen MR) is 93.4 cm³/mol. The van der Waals surface area contributed by atoms with Crippen LogP contribution in [0, 0.1) is 0 Å². The Bertz CT molecular complexity index is 889. The molecule has 1 aliphatic rings. The molecule has 0 aliphatic carbocycles. The maximum atomic E-state index is 12.4. The molecule has 2 aromatic rings. The number of benzene rings is 2. The molecule has 0 amide bonds. The molecule has 2 aromatic carbocycles. The second-order valence-corrected chi connectivity index (χ2v) is 5.97. The Morgan fingerprint density at radius 3 is 2.72 bits per heavy atom. The number of halogens is 2. The molecule has 5 nitrogen and oxygen atoms in total. The summed E-state index contributed by atoms with van der Waals surface area (Å²) in [7, 11) is 1.27. The van der Waals surface area contributed by atoms with Crippen LogP contribution in [0.15, 0.2) is 42.2 Å². The summed E-state index contributed by atoms with van der Waals surface area (Å²) in [4.78, 5) is 23.5. The molecule has 0 spiro atoms. The van der Waals surface area contributed by atoms with Crippen LogP contribution in [0.25, 0.3) is 6.08 Å². The lowest BCUT2D eigenvalue weighted by Gasteiger charge is -2.05. The first-order valence-electron chi connectivity index (χ1n) is 7.21. The van der Waals surface area contributed by atoms with E-state index in [-0.39, 0.29) is 18.1 Å². The van der Waals surface area contributed by atoms with Gasteiger partial charge in [-0.15, -0.1) is 0 Å². The van der Waals surface area contributed by atoms with Gasteiger partial charge in [-0.1, -0.05) is 29.3 Å². The number of ether oxygens (including phenoxy) is 3. The number of allylic oxidation sites excluding steroid dienone is 1. The highest BCUT2D eigenvalue weighted by Crippen LogP contribution is 2.35. The second-order valence-electron chi connectivity index (χ2n) is 5.13. The van der Waals surface area contributed by atoms with Gasteiger partial charge in [0.2, 0.25) is 5.78 Å². The smallest absolute Gasteiger partial charge is 0.343 e. The third kappa shape index (κ3) is 3.78. The quantitative estimate of drug-likeness (QED) is 0.590. The number of carbonyl (C=O) groups excluding carboxylic acids is 2. The molecule has 0 unspecified atom stereocenters. The standard InChI is InChI=1S/C18H12Cl2O5/c1-23-17(21)9-24-12-4-5-13-15(8-12)25-16(18(13)22)6-10-2-3-11(19)7-14(10)20/h2-8H,9H2,1H3/b16-6+. The molecule has 0 fully saturated rings. The minimum atomic E-state index is -0.504. The summed E-state index contributed by atoms with van der Waals surface area (Å²) < 4.78 is 15.4. The van der Waals surface area contributed by atoms with E-state index in [0.29, 0.717) is 32.7 Å². The van der Waals surface area contributed by atoms with Crippen LogP contribution in [0.1, 0.15) is 15.9 Å². The third-order valence-corrected chi connectivity index (χ3v) is 4.04. The van der Waals surface area contributed by atoms with Crippen molar-refractivity contribution in [2.45, 2.75) is 0 Å². The van der Waals surface area contributed by atoms with Crippen LogP contribution < -0.4 is 9.47 Å². The minimum absolute atomic E-state index is 0.143. The van der Waals surface area contributed by atoms with Gasteiger partial charge in [0.05, 0.1) is 12.7 Å². The molecule has 128 valence electrons. The first-order valence-corrected chi connectivity index (χ1v) is 7.96. The van der Waals surface area contributed by atoms with Gasteiger partial charge in [0.1, 0.15) is 11.5 Å². The molecular formula is C18H12Cl2O5. The van der Waals surface area contributed by atoms with Crippen molar-refractivity contribution < 1.29 is 23.8 Å². The number of fused-ring (bicyclic) bond motifs is 1. The molecular weight excluding hydrogens is 367 g/mol. The number of esters is 1. The highest BCUT2D eigenvalue weighted by atomic mass is 35.5. The van der Waals surface area contributed by atoms with E-state index in [4.69, 9.17) is 32.7 Å². The lowest BCUT2D eigenvalue weighted by atomic mass is 10.1. The van der Waals surface area contributed by atoms with Crippen LogP contribution in [0.4, 0.5) is 0 Å². The lowest BCUT2D eigenvalue weighted by Crippen LogP contribution is -2.12. The van der Waals surface area contributed by atoms with E-state index < -0.39 is 5.97 Å². The van der Waals surface area contributed by atoms with Crippen molar-refractivity contribution in [3.63, 3.8) is 0 Å². The summed E-state index contributed by atoms with van der Waals surface area (Å²) in [6.07, 6.45) is 1.55. The topological polar surface area (TPSA) is 61.8 Å². The van der Waals surface area contributed by atoms with Gasteiger partial charge in [0.15, 0.2) is 12.4 Å². The molecule has 7 heteroatoms.